The van der Waals surface area contributed by atoms with E-state index in [1.807, 2.05) is 24.3 Å². The zero-order valence-electron chi connectivity index (χ0n) is 14.9. The number of aliphatic carboxylic acids is 1. The van der Waals surface area contributed by atoms with Gasteiger partial charge in [0.05, 0.1) is 6.54 Å². The number of likely N-dealkylation sites (tertiary alicyclic amines) is 1. The molecule has 140 valence electrons. The lowest BCUT2D eigenvalue weighted by Gasteiger charge is -2.21. The van der Waals surface area contributed by atoms with Crippen molar-refractivity contribution in [3.8, 4) is 0 Å². The molecule has 2 heterocycles. The highest BCUT2D eigenvalue weighted by Gasteiger charge is 2.49. The van der Waals surface area contributed by atoms with Gasteiger partial charge in [0.1, 0.15) is 5.92 Å². The van der Waals surface area contributed by atoms with Gasteiger partial charge in [-0.3, -0.25) is 9.59 Å². The zero-order chi connectivity index (χ0) is 19.1. The molecule has 0 aromatic heterocycles. The van der Waals surface area contributed by atoms with Crippen LogP contribution in [0, 0.1) is 5.92 Å². The van der Waals surface area contributed by atoms with E-state index in [4.69, 9.17) is 5.11 Å². The molecule has 2 atom stereocenters. The van der Waals surface area contributed by atoms with Crippen molar-refractivity contribution in [2.75, 3.05) is 24.5 Å². The lowest BCUT2D eigenvalue weighted by atomic mass is 10.0. The average Bonchev–Trinajstić information content (AvgIpc) is 3.19. The third kappa shape index (κ3) is 3.18. The average molecular weight is 362 g/mol. The van der Waals surface area contributed by atoms with Gasteiger partial charge in [0, 0.05) is 25.2 Å². The number of carbonyl (C=O) groups excluding carboxylic acids is 2. The van der Waals surface area contributed by atoms with Crippen LogP contribution in [0.15, 0.2) is 24.3 Å². The first-order valence-electron chi connectivity index (χ1n) is 8.85. The molecule has 6 nitrogen and oxygen atoms in total. The number of amides is 2. The van der Waals surface area contributed by atoms with Gasteiger partial charge >= 0.3 is 5.97 Å². The molecule has 2 amide bonds. The predicted octanol–water partition coefficient (Wildman–Crippen LogP) is 2.19. The van der Waals surface area contributed by atoms with Crippen LogP contribution in [0.5, 0.6) is 0 Å². The van der Waals surface area contributed by atoms with E-state index in [1.54, 1.807) is 4.90 Å². The van der Waals surface area contributed by atoms with Crippen molar-refractivity contribution in [1.29, 1.82) is 0 Å². The molecule has 0 bridgehead atoms. The molecule has 0 radical (unpaired) electrons. The van der Waals surface area contributed by atoms with Crippen LogP contribution >= 0.6 is 0 Å². The van der Waals surface area contributed by atoms with Crippen LogP contribution in [0.2, 0.25) is 0 Å². The number of carboxylic acid groups (broad SMARTS) is 1. The lowest BCUT2D eigenvalue weighted by Crippen LogP contribution is -2.42. The van der Waals surface area contributed by atoms with Crippen molar-refractivity contribution in [3.05, 3.63) is 29.8 Å². The maximum absolute atomic E-state index is 14.2. The van der Waals surface area contributed by atoms with Crippen molar-refractivity contribution in [2.45, 2.75) is 38.3 Å². The van der Waals surface area contributed by atoms with Gasteiger partial charge in [-0.05, 0) is 30.0 Å². The number of halogens is 1. The molecule has 2 unspecified atom stereocenters. The van der Waals surface area contributed by atoms with Crippen LogP contribution in [0.1, 0.15) is 38.2 Å². The smallest absolute Gasteiger partial charge is 0.343 e. The van der Waals surface area contributed by atoms with E-state index in [0.29, 0.717) is 18.9 Å². The minimum absolute atomic E-state index is 0.0223. The van der Waals surface area contributed by atoms with Crippen molar-refractivity contribution in [3.63, 3.8) is 0 Å². The summed E-state index contributed by atoms with van der Waals surface area (Å²) in [6.07, 6.45) is 0.113. The van der Waals surface area contributed by atoms with E-state index in [2.05, 4.69) is 13.8 Å². The second-order valence-corrected chi connectivity index (χ2v) is 7.36. The number of benzene rings is 1. The summed E-state index contributed by atoms with van der Waals surface area (Å²) in [6.45, 7) is 4.12. The number of rotatable bonds is 4. The van der Waals surface area contributed by atoms with Crippen LogP contribution in [0.3, 0.4) is 0 Å². The van der Waals surface area contributed by atoms with Crippen molar-refractivity contribution < 1.29 is 23.9 Å². The van der Waals surface area contributed by atoms with Gasteiger partial charge in [0.15, 0.2) is 0 Å². The Bertz CT molecular complexity index is 734. The number of nitrogens with zero attached hydrogens (tertiary/aromatic N) is 2. The monoisotopic (exact) mass is 362 g/mol. The summed E-state index contributed by atoms with van der Waals surface area (Å²) in [7, 11) is 0. The number of hydrogen-bond donors (Lipinski definition) is 1. The van der Waals surface area contributed by atoms with Crippen LogP contribution in [0.25, 0.3) is 0 Å². The quantitative estimate of drug-likeness (QED) is 0.833. The summed E-state index contributed by atoms with van der Waals surface area (Å²) in [5.41, 5.74) is -0.511. The molecule has 26 heavy (non-hydrogen) atoms. The molecule has 0 aliphatic carbocycles. The number of carbonyl (C=O) groups is 3. The Morgan fingerprint density at radius 2 is 1.88 bits per heavy atom. The summed E-state index contributed by atoms with van der Waals surface area (Å²) in [4.78, 5) is 39.0. The third-order valence-electron chi connectivity index (χ3n) is 5.29. The Morgan fingerprint density at radius 1 is 1.23 bits per heavy atom. The van der Waals surface area contributed by atoms with E-state index in [1.165, 1.54) is 4.90 Å². The fourth-order valence-corrected chi connectivity index (χ4v) is 3.56. The van der Waals surface area contributed by atoms with Crippen molar-refractivity contribution in [1.82, 2.24) is 4.90 Å². The molecular weight excluding hydrogens is 339 g/mol. The van der Waals surface area contributed by atoms with Crippen LogP contribution < -0.4 is 4.90 Å². The van der Waals surface area contributed by atoms with E-state index >= 15 is 0 Å². The van der Waals surface area contributed by atoms with Gasteiger partial charge in [-0.15, -0.1) is 0 Å². The topological polar surface area (TPSA) is 77.9 Å². The molecule has 7 heteroatoms. The molecule has 1 N–H and O–H groups in total. The molecule has 2 saturated heterocycles. The summed E-state index contributed by atoms with van der Waals surface area (Å²) in [6, 6.07) is 7.67. The Labute approximate surface area is 151 Å². The number of hydrogen-bond acceptors (Lipinski definition) is 3. The molecule has 2 fully saturated rings. The number of carboxylic acids is 1. The Hall–Kier alpha value is -2.44. The maximum atomic E-state index is 14.2. The van der Waals surface area contributed by atoms with Gasteiger partial charge in [0.25, 0.3) is 0 Å². The predicted molar refractivity (Wildman–Crippen MR) is 93.7 cm³/mol. The summed E-state index contributed by atoms with van der Waals surface area (Å²) >= 11 is 0. The highest BCUT2D eigenvalue weighted by atomic mass is 19.1. The summed E-state index contributed by atoms with van der Waals surface area (Å²) in [5, 5.41) is 8.95. The summed E-state index contributed by atoms with van der Waals surface area (Å²) in [5.74, 6) is -2.82. The van der Waals surface area contributed by atoms with Crippen molar-refractivity contribution in [2.24, 2.45) is 5.92 Å². The van der Waals surface area contributed by atoms with E-state index in [9.17, 15) is 18.8 Å². The highest BCUT2D eigenvalue weighted by molar-refractivity contribution is 6.09. The van der Waals surface area contributed by atoms with Gasteiger partial charge in [-0.25, -0.2) is 9.18 Å². The molecule has 1 aromatic rings. The first-order valence-corrected chi connectivity index (χ1v) is 8.85. The molecule has 0 spiro atoms. The molecule has 2 aliphatic rings. The minimum atomic E-state index is -2.41. The van der Waals surface area contributed by atoms with Gasteiger partial charge in [-0.2, -0.15) is 0 Å². The number of alkyl halides is 1. The van der Waals surface area contributed by atoms with Gasteiger partial charge in [-0.1, -0.05) is 26.0 Å². The standard InChI is InChI=1S/C19H23FN2O4/c1-12(2)13-3-5-14(6-4-13)22-9-7-15(17(22)24)16(23)21-10-8-19(20,11-21)18(25)26/h3-6,12,15H,7-11H2,1-2H3,(H,25,26). The Kier molecular flexibility index (Phi) is 4.73. The fraction of sp³-hybridized carbons (Fsp3) is 0.526. The number of anilines is 1. The normalized spacial score (nSPS) is 26.0. The van der Waals surface area contributed by atoms with Gasteiger partial charge < -0.3 is 14.9 Å². The molecular formula is C19H23FN2O4. The van der Waals surface area contributed by atoms with E-state index in [0.717, 1.165) is 11.3 Å². The molecule has 0 saturated carbocycles. The Morgan fingerprint density at radius 3 is 2.42 bits per heavy atom. The van der Waals surface area contributed by atoms with Crippen LogP contribution in [0.4, 0.5) is 10.1 Å². The zero-order valence-corrected chi connectivity index (χ0v) is 14.9. The Balaban J connectivity index is 1.69. The second-order valence-electron chi connectivity index (χ2n) is 7.36. The first kappa shape index (κ1) is 18.4. The summed E-state index contributed by atoms with van der Waals surface area (Å²) < 4.78 is 14.2. The first-order chi connectivity index (χ1) is 12.2. The SMILES string of the molecule is CC(C)c1ccc(N2CCC(C(=O)N3CCC(F)(C(=O)O)C3)C2=O)cc1. The third-order valence-corrected chi connectivity index (χ3v) is 5.29. The van der Waals surface area contributed by atoms with E-state index in [-0.39, 0.29) is 18.9 Å². The second kappa shape index (κ2) is 6.70. The highest BCUT2D eigenvalue weighted by Crippen LogP contribution is 2.31. The van der Waals surface area contributed by atoms with Crippen LogP contribution in [-0.4, -0.2) is 53.1 Å². The minimum Gasteiger partial charge on any atom is -0.479 e. The lowest BCUT2D eigenvalue weighted by molar-refractivity contribution is -0.150. The van der Waals surface area contributed by atoms with Crippen molar-refractivity contribution >= 4 is 23.5 Å². The molecule has 1 aromatic carbocycles. The maximum Gasteiger partial charge on any atom is 0.343 e. The van der Waals surface area contributed by atoms with Crippen LogP contribution in [-0.2, 0) is 14.4 Å². The molecule has 3 rings (SSSR count). The largest absolute Gasteiger partial charge is 0.479 e. The molecule has 2 aliphatic heterocycles. The van der Waals surface area contributed by atoms with Gasteiger partial charge in [0.2, 0.25) is 17.5 Å². The fourth-order valence-electron chi connectivity index (χ4n) is 3.56. The van der Waals surface area contributed by atoms with E-state index < -0.39 is 30.0 Å².